The molecule has 20 heavy (non-hydrogen) atoms. The molecule has 0 saturated carbocycles. The fourth-order valence-corrected chi connectivity index (χ4v) is 3.32. The van der Waals surface area contributed by atoms with E-state index in [1.54, 1.807) is 11.3 Å². The second-order valence-electron chi connectivity index (χ2n) is 4.41. The third-order valence-electron chi connectivity index (χ3n) is 2.75. The highest BCUT2D eigenvalue weighted by Gasteiger charge is 2.06. The van der Waals surface area contributed by atoms with Crippen LogP contribution < -0.4 is 10.6 Å². The Balaban J connectivity index is 1.93. The van der Waals surface area contributed by atoms with Gasteiger partial charge in [-0.3, -0.25) is 4.79 Å². The van der Waals surface area contributed by atoms with Gasteiger partial charge < -0.3 is 10.6 Å². The van der Waals surface area contributed by atoms with Crippen molar-refractivity contribution < 1.29 is 4.79 Å². The summed E-state index contributed by atoms with van der Waals surface area (Å²) >= 11 is 4.99. The molecule has 0 aliphatic carbocycles. The largest absolute Gasteiger partial charge is 0.326 e. The number of hydrogen-bond donors (Lipinski definition) is 2. The normalized spacial score (nSPS) is 10.5. The van der Waals surface area contributed by atoms with Gasteiger partial charge in [-0.2, -0.15) is 0 Å². The topological polar surface area (TPSA) is 41.1 Å². The van der Waals surface area contributed by atoms with Crippen molar-refractivity contribution in [3.8, 4) is 0 Å². The van der Waals surface area contributed by atoms with Crippen molar-refractivity contribution in [1.29, 1.82) is 0 Å². The van der Waals surface area contributed by atoms with E-state index in [1.807, 2.05) is 30.3 Å². The number of amides is 1. The van der Waals surface area contributed by atoms with Gasteiger partial charge in [0, 0.05) is 17.1 Å². The van der Waals surface area contributed by atoms with Crippen LogP contribution in [-0.2, 0) is 17.8 Å². The molecule has 0 unspecified atom stereocenters. The first kappa shape index (κ1) is 15.2. The number of anilines is 1. The second-order valence-corrected chi connectivity index (χ2v) is 6.96. The number of benzene rings is 1. The molecule has 2 N–H and O–H groups in total. The zero-order valence-electron chi connectivity index (χ0n) is 11.3. The van der Waals surface area contributed by atoms with E-state index in [2.05, 4.69) is 39.6 Å². The first-order valence-corrected chi connectivity index (χ1v) is 8.12. The summed E-state index contributed by atoms with van der Waals surface area (Å²) in [7, 11) is 0. The fraction of sp³-hybridized carbons (Fsp3) is 0.267. The van der Waals surface area contributed by atoms with Crippen LogP contribution in [0.1, 0.15) is 17.4 Å². The van der Waals surface area contributed by atoms with E-state index in [4.69, 9.17) is 0 Å². The Labute approximate surface area is 131 Å². The van der Waals surface area contributed by atoms with Crippen LogP contribution in [0.3, 0.4) is 0 Å². The summed E-state index contributed by atoms with van der Waals surface area (Å²) in [6.07, 6.45) is 0.410. The van der Waals surface area contributed by atoms with Crippen LogP contribution in [0.5, 0.6) is 0 Å². The molecule has 5 heteroatoms. The predicted octanol–water partition coefficient (Wildman–Crippen LogP) is 3.80. The molecule has 0 spiro atoms. The van der Waals surface area contributed by atoms with Crippen molar-refractivity contribution in [2.24, 2.45) is 0 Å². The second kappa shape index (κ2) is 7.57. The summed E-state index contributed by atoms with van der Waals surface area (Å²) in [5, 5.41) is 6.21. The zero-order valence-corrected chi connectivity index (χ0v) is 13.7. The van der Waals surface area contributed by atoms with Gasteiger partial charge in [0.1, 0.15) is 0 Å². The van der Waals surface area contributed by atoms with Crippen LogP contribution in [0.15, 0.2) is 40.2 Å². The van der Waals surface area contributed by atoms with Crippen LogP contribution >= 0.6 is 27.3 Å². The molecule has 1 heterocycles. The molecular weight excluding hydrogens is 336 g/mol. The summed E-state index contributed by atoms with van der Waals surface area (Å²) in [5.74, 6) is 0.0138. The van der Waals surface area contributed by atoms with E-state index in [0.717, 1.165) is 27.4 Å². The smallest absolute Gasteiger partial charge is 0.229 e. The van der Waals surface area contributed by atoms with Gasteiger partial charge in [-0.25, -0.2) is 0 Å². The minimum atomic E-state index is 0.0138. The first-order chi connectivity index (χ1) is 9.67. The molecule has 2 aromatic rings. The third-order valence-corrected chi connectivity index (χ3v) is 4.38. The lowest BCUT2D eigenvalue weighted by molar-refractivity contribution is -0.115. The van der Waals surface area contributed by atoms with Gasteiger partial charge in [0.05, 0.1) is 10.2 Å². The summed E-state index contributed by atoms with van der Waals surface area (Å²) < 4.78 is 1.05. The lowest BCUT2D eigenvalue weighted by Gasteiger charge is -2.07. The average molecular weight is 353 g/mol. The fourth-order valence-electron chi connectivity index (χ4n) is 1.84. The van der Waals surface area contributed by atoms with Crippen LogP contribution in [0, 0.1) is 0 Å². The van der Waals surface area contributed by atoms with Gasteiger partial charge in [-0.15, -0.1) is 11.3 Å². The van der Waals surface area contributed by atoms with Crippen molar-refractivity contribution in [1.82, 2.24) is 5.32 Å². The monoisotopic (exact) mass is 352 g/mol. The first-order valence-electron chi connectivity index (χ1n) is 6.51. The Bertz CT molecular complexity index is 583. The summed E-state index contributed by atoms with van der Waals surface area (Å²) in [5.41, 5.74) is 2.02. The molecule has 0 atom stereocenters. The molecule has 0 fully saturated rings. The maximum Gasteiger partial charge on any atom is 0.229 e. The molecule has 0 radical (unpaired) electrons. The number of nitrogens with one attached hydrogen (secondary N) is 2. The summed E-state index contributed by atoms with van der Waals surface area (Å²) in [4.78, 5) is 13.0. The van der Waals surface area contributed by atoms with E-state index in [9.17, 15) is 4.79 Å². The molecule has 0 bridgehead atoms. The lowest BCUT2D eigenvalue weighted by Crippen LogP contribution is -2.15. The molecule has 1 aromatic heterocycles. The van der Waals surface area contributed by atoms with Crippen LogP contribution in [0.4, 0.5) is 5.69 Å². The number of hydrogen-bond acceptors (Lipinski definition) is 3. The molecule has 0 saturated heterocycles. The Morgan fingerprint density at radius 3 is 2.85 bits per heavy atom. The van der Waals surface area contributed by atoms with Gasteiger partial charge in [0.2, 0.25) is 5.91 Å². The third kappa shape index (κ3) is 4.74. The standard InChI is InChI=1S/C15H17BrN2OS/c1-2-17-10-11-4-3-5-12(8-11)18-15(19)9-13-6-7-14(16)20-13/h3-8,17H,2,9-10H2,1H3,(H,18,19). The molecule has 106 valence electrons. The molecule has 2 rings (SSSR count). The van der Waals surface area contributed by atoms with Crippen LogP contribution in [-0.4, -0.2) is 12.5 Å². The van der Waals surface area contributed by atoms with Gasteiger partial charge in [-0.1, -0.05) is 19.1 Å². The Kier molecular flexibility index (Phi) is 5.76. The zero-order chi connectivity index (χ0) is 14.4. The van der Waals surface area contributed by atoms with Gasteiger partial charge in [0.25, 0.3) is 0 Å². The van der Waals surface area contributed by atoms with E-state index in [-0.39, 0.29) is 5.91 Å². The number of rotatable bonds is 6. The maximum absolute atomic E-state index is 12.0. The minimum absolute atomic E-state index is 0.0138. The molecule has 0 aliphatic heterocycles. The molecular formula is C15H17BrN2OS. The Morgan fingerprint density at radius 1 is 1.30 bits per heavy atom. The van der Waals surface area contributed by atoms with Gasteiger partial charge in [-0.05, 0) is 52.3 Å². The molecule has 0 aliphatic rings. The molecule has 1 amide bonds. The number of halogens is 1. The highest BCUT2D eigenvalue weighted by molar-refractivity contribution is 9.11. The minimum Gasteiger partial charge on any atom is -0.326 e. The highest BCUT2D eigenvalue weighted by Crippen LogP contribution is 2.22. The quantitative estimate of drug-likeness (QED) is 0.829. The SMILES string of the molecule is CCNCc1cccc(NC(=O)Cc2ccc(Br)s2)c1. The predicted molar refractivity (Wildman–Crippen MR) is 88.2 cm³/mol. The van der Waals surface area contributed by atoms with Gasteiger partial charge >= 0.3 is 0 Å². The summed E-state index contributed by atoms with van der Waals surface area (Å²) in [6.45, 7) is 3.83. The van der Waals surface area contributed by atoms with Crippen molar-refractivity contribution in [3.63, 3.8) is 0 Å². The van der Waals surface area contributed by atoms with Crippen molar-refractivity contribution in [2.75, 3.05) is 11.9 Å². The number of carbonyl (C=O) groups excluding carboxylic acids is 1. The van der Waals surface area contributed by atoms with Crippen molar-refractivity contribution in [2.45, 2.75) is 19.9 Å². The lowest BCUT2D eigenvalue weighted by atomic mass is 10.2. The van der Waals surface area contributed by atoms with Crippen LogP contribution in [0.25, 0.3) is 0 Å². The molecule has 3 nitrogen and oxygen atoms in total. The Morgan fingerprint density at radius 2 is 2.15 bits per heavy atom. The van der Waals surface area contributed by atoms with Crippen molar-refractivity contribution in [3.05, 3.63) is 50.6 Å². The van der Waals surface area contributed by atoms with Crippen LogP contribution in [0.2, 0.25) is 0 Å². The van der Waals surface area contributed by atoms with Gasteiger partial charge in [0.15, 0.2) is 0 Å². The Hall–Kier alpha value is -1.17. The van der Waals surface area contributed by atoms with Crippen molar-refractivity contribution >= 4 is 38.9 Å². The molecule has 1 aromatic carbocycles. The average Bonchev–Trinajstić information content (AvgIpc) is 2.82. The van der Waals surface area contributed by atoms with E-state index in [0.29, 0.717) is 6.42 Å². The van der Waals surface area contributed by atoms with E-state index in [1.165, 1.54) is 5.56 Å². The summed E-state index contributed by atoms with van der Waals surface area (Å²) in [6, 6.07) is 11.9. The van der Waals surface area contributed by atoms with E-state index < -0.39 is 0 Å². The number of thiophene rings is 1. The maximum atomic E-state index is 12.0. The highest BCUT2D eigenvalue weighted by atomic mass is 79.9. The number of carbonyl (C=O) groups is 1. The van der Waals surface area contributed by atoms with E-state index >= 15 is 0 Å².